The molecule has 0 spiro atoms. The van der Waals surface area contributed by atoms with Crippen LogP contribution < -0.4 is 11.5 Å². The molecule has 0 saturated heterocycles. The maximum Gasteiger partial charge on any atom is 0.292 e. The third-order valence-electron chi connectivity index (χ3n) is 1.03. The van der Waals surface area contributed by atoms with Gasteiger partial charge in [0.15, 0.2) is 0 Å². The highest BCUT2D eigenvalue weighted by molar-refractivity contribution is 7.88. The van der Waals surface area contributed by atoms with Crippen molar-refractivity contribution in [1.29, 1.82) is 0 Å². The molecule has 0 aliphatic carbocycles. The molecule has 0 aliphatic heterocycles. The average molecular weight is 168 g/mol. The molecular weight excluding hydrogens is 160 g/mol. The van der Waals surface area contributed by atoms with Crippen molar-refractivity contribution in [1.82, 2.24) is 0 Å². The second kappa shape index (κ2) is 2.19. The van der Waals surface area contributed by atoms with Crippen LogP contribution in [0.25, 0.3) is 0 Å². The lowest BCUT2D eigenvalue weighted by Crippen LogP contribution is -2.55. The van der Waals surface area contributed by atoms with E-state index in [4.69, 9.17) is 10.3 Å². The lowest BCUT2D eigenvalue weighted by atomic mass is 10.3. The monoisotopic (exact) mass is 168 g/mol. The predicted octanol–water partition coefficient (Wildman–Crippen LogP) is -1.97. The molecule has 1 amide bonds. The van der Waals surface area contributed by atoms with Gasteiger partial charge in [-0.25, -0.2) is 0 Å². The highest BCUT2D eigenvalue weighted by Gasteiger charge is 2.39. The zero-order valence-electron chi connectivity index (χ0n) is 5.23. The summed E-state index contributed by atoms with van der Waals surface area (Å²) in [6.45, 7) is 0.810. The summed E-state index contributed by atoms with van der Waals surface area (Å²) in [5.41, 5.74) is 9.38. The minimum Gasteiger partial charge on any atom is -0.367 e. The van der Waals surface area contributed by atoms with E-state index in [0.29, 0.717) is 0 Å². The molecule has 0 radical (unpaired) electrons. The maximum absolute atomic E-state index is 10.2. The Bertz CT molecular complexity index is 241. The molecule has 0 fully saturated rings. The topological polar surface area (TPSA) is 123 Å². The molecule has 10 heavy (non-hydrogen) atoms. The fourth-order valence-corrected chi connectivity index (χ4v) is 0.381. The molecule has 1 unspecified atom stereocenters. The van der Waals surface area contributed by atoms with Crippen molar-refractivity contribution >= 4 is 16.0 Å². The summed E-state index contributed by atoms with van der Waals surface area (Å²) in [6.07, 6.45) is 0. The lowest BCUT2D eigenvalue weighted by molar-refractivity contribution is -0.120. The van der Waals surface area contributed by atoms with Crippen LogP contribution in [0.4, 0.5) is 0 Å². The maximum atomic E-state index is 10.2. The molecule has 6 nitrogen and oxygen atoms in total. The number of carbonyl (C=O) groups is 1. The summed E-state index contributed by atoms with van der Waals surface area (Å²) in [5, 5.41) is 0. The summed E-state index contributed by atoms with van der Waals surface area (Å²) in [5.74, 6) is -1.30. The first-order valence-corrected chi connectivity index (χ1v) is 3.69. The van der Waals surface area contributed by atoms with Gasteiger partial charge < -0.3 is 11.5 Å². The average Bonchev–Trinajstić information content (AvgIpc) is 1.62. The first-order chi connectivity index (χ1) is 4.19. The van der Waals surface area contributed by atoms with Gasteiger partial charge in [-0.2, -0.15) is 8.42 Å². The van der Waals surface area contributed by atoms with Gasteiger partial charge in [0.2, 0.25) is 4.87 Å². The van der Waals surface area contributed by atoms with Crippen molar-refractivity contribution in [3.05, 3.63) is 0 Å². The minimum absolute atomic E-state index is 0.810. The lowest BCUT2D eigenvalue weighted by Gasteiger charge is -2.15. The predicted molar refractivity (Wildman–Crippen MR) is 33.3 cm³/mol. The van der Waals surface area contributed by atoms with E-state index in [0.717, 1.165) is 6.92 Å². The molecule has 0 aromatic heterocycles. The second-order valence-corrected chi connectivity index (χ2v) is 3.74. The number of carbonyl (C=O) groups excluding carboxylic acids is 1. The fourth-order valence-electron chi connectivity index (χ4n) is 0.127. The van der Waals surface area contributed by atoms with Gasteiger partial charge in [0.1, 0.15) is 0 Å². The van der Waals surface area contributed by atoms with E-state index in [2.05, 4.69) is 5.73 Å². The van der Waals surface area contributed by atoms with E-state index >= 15 is 0 Å². The van der Waals surface area contributed by atoms with Gasteiger partial charge in [0.25, 0.3) is 16.0 Å². The van der Waals surface area contributed by atoms with E-state index in [1.807, 2.05) is 0 Å². The number of rotatable bonds is 2. The van der Waals surface area contributed by atoms with Crippen LogP contribution in [0.1, 0.15) is 6.92 Å². The van der Waals surface area contributed by atoms with Crippen LogP contribution in [0, 0.1) is 0 Å². The van der Waals surface area contributed by atoms with Crippen molar-refractivity contribution in [2.45, 2.75) is 11.8 Å². The summed E-state index contributed by atoms with van der Waals surface area (Å²) >= 11 is 0. The molecule has 7 heteroatoms. The van der Waals surface area contributed by atoms with Gasteiger partial charge in [-0.1, -0.05) is 0 Å². The van der Waals surface area contributed by atoms with Crippen LogP contribution in [0.2, 0.25) is 0 Å². The molecule has 0 heterocycles. The summed E-state index contributed by atoms with van der Waals surface area (Å²) in [6, 6.07) is 0. The largest absolute Gasteiger partial charge is 0.367 e. The second-order valence-electron chi connectivity index (χ2n) is 1.95. The molecule has 0 aromatic carbocycles. The van der Waals surface area contributed by atoms with Crippen LogP contribution >= 0.6 is 0 Å². The standard InChI is InChI=1S/C3H8N2O4S/c1-3(5,2(4)6)10(7,8)9/h5H2,1H3,(H2,4,6)(H,7,8,9). The highest BCUT2D eigenvalue weighted by atomic mass is 32.2. The Morgan fingerprint density at radius 2 is 1.90 bits per heavy atom. The normalized spacial score (nSPS) is 17.9. The number of nitrogens with two attached hydrogens (primary N) is 2. The molecule has 0 aliphatic rings. The molecule has 1 atom stereocenters. The highest BCUT2D eigenvalue weighted by Crippen LogP contribution is 2.05. The first-order valence-electron chi connectivity index (χ1n) is 2.25. The molecule has 0 saturated carbocycles. The number of amides is 1. The SMILES string of the molecule is CC(N)(C(N)=O)S(=O)(=O)O. The zero-order valence-corrected chi connectivity index (χ0v) is 6.05. The van der Waals surface area contributed by atoms with E-state index < -0.39 is 20.9 Å². The van der Waals surface area contributed by atoms with Crippen LogP contribution in [0.5, 0.6) is 0 Å². The third kappa shape index (κ3) is 1.43. The quantitative estimate of drug-likeness (QED) is 0.413. The van der Waals surface area contributed by atoms with Crippen LogP contribution in [-0.4, -0.2) is 23.7 Å². The van der Waals surface area contributed by atoms with E-state index in [9.17, 15) is 13.2 Å². The van der Waals surface area contributed by atoms with Gasteiger partial charge in [-0.15, -0.1) is 0 Å². The van der Waals surface area contributed by atoms with Crippen LogP contribution in [0.3, 0.4) is 0 Å². The van der Waals surface area contributed by atoms with Gasteiger partial charge >= 0.3 is 0 Å². The smallest absolute Gasteiger partial charge is 0.292 e. The van der Waals surface area contributed by atoms with E-state index in [1.165, 1.54) is 0 Å². The Morgan fingerprint density at radius 1 is 1.60 bits per heavy atom. The molecule has 0 rings (SSSR count). The van der Waals surface area contributed by atoms with Crippen molar-refractivity contribution in [2.24, 2.45) is 11.5 Å². The Labute approximate surface area is 57.9 Å². The summed E-state index contributed by atoms with van der Waals surface area (Å²) in [7, 11) is -4.60. The fraction of sp³-hybridized carbons (Fsp3) is 0.667. The van der Waals surface area contributed by atoms with Gasteiger partial charge in [-0.05, 0) is 6.92 Å². The van der Waals surface area contributed by atoms with Crippen molar-refractivity contribution in [3.63, 3.8) is 0 Å². The van der Waals surface area contributed by atoms with Gasteiger partial charge in [0, 0.05) is 0 Å². The zero-order chi connectivity index (χ0) is 8.58. The van der Waals surface area contributed by atoms with Gasteiger partial charge in [0.05, 0.1) is 0 Å². The summed E-state index contributed by atoms with van der Waals surface area (Å²) in [4.78, 5) is 7.83. The van der Waals surface area contributed by atoms with E-state index in [-0.39, 0.29) is 0 Å². The van der Waals surface area contributed by atoms with Gasteiger partial charge in [-0.3, -0.25) is 9.35 Å². The van der Waals surface area contributed by atoms with Crippen molar-refractivity contribution < 1.29 is 17.8 Å². The Morgan fingerprint density at radius 3 is 1.90 bits per heavy atom. The third-order valence-corrected chi connectivity index (χ3v) is 2.30. The van der Waals surface area contributed by atoms with Crippen molar-refractivity contribution in [2.75, 3.05) is 0 Å². The number of hydrogen-bond donors (Lipinski definition) is 3. The van der Waals surface area contributed by atoms with E-state index in [1.54, 1.807) is 0 Å². The number of primary amides is 1. The first kappa shape index (κ1) is 9.34. The van der Waals surface area contributed by atoms with Crippen LogP contribution in [0.15, 0.2) is 0 Å². The number of hydrogen-bond acceptors (Lipinski definition) is 4. The molecule has 60 valence electrons. The molecular formula is C3H8N2O4S. The Kier molecular flexibility index (Phi) is 2.04. The Balaban J connectivity index is 4.95. The molecule has 5 N–H and O–H groups in total. The van der Waals surface area contributed by atoms with Crippen LogP contribution in [-0.2, 0) is 14.9 Å². The minimum atomic E-state index is -4.60. The molecule has 0 bridgehead atoms. The van der Waals surface area contributed by atoms with Crippen molar-refractivity contribution in [3.8, 4) is 0 Å². The Hall–Kier alpha value is -0.660. The molecule has 0 aromatic rings. The summed E-state index contributed by atoms with van der Waals surface area (Å²) < 4.78 is 28.7.